The second-order valence-corrected chi connectivity index (χ2v) is 4.17. The van der Waals surface area contributed by atoms with Gasteiger partial charge in [0, 0.05) is 6.20 Å². The average Bonchev–Trinajstić information content (AvgIpc) is 2.87. The Balaban J connectivity index is 1.93. The molecule has 20 heavy (non-hydrogen) atoms. The largest absolute Gasteiger partial charge is 0.349 e. The molecule has 3 aromatic rings. The second kappa shape index (κ2) is 4.73. The first-order valence-electron chi connectivity index (χ1n) is 5.84. The Morgan fingerprint density at radius 2 is 1.90 bits per heavy atom. The Morgan fingerprint density at radius 1 is 1.15 bits per heavy atom. The number of nitrogens with one attached hydrogen (secondary N) is 2. The molecule has 6 heteroatoms. The summed E-state index contributed by atoms with van der Waals surface area (Å²) in [5.41, 5.74) is 0.990. The van der Waals surface area contributed by atoms with Crippen LogP contribution in [0.4, 0.5) is 14.5 Å². The number of para-hydroxylation sites is 1. The molecular weight excluding hydrogens is 264 g/mol. The molecule has 1 aromatic carbocycles. The fraction of sp³-hybridized carbons (Fsp3) is 0. The fourth-order valence-electron chi connectivity index (χ4n) is 1.88. The smallest absolute Gasteiger partial charge is 0.272 e. The lowest BCUT2D eigenvalue weighted by Crippen LogP contribution is -2.14. The molecule has 0 bridgehead atoms. The lowest BCUT2D eigenvalue weighted by Gasteiger charge is -2.05. The Labute approximate surface area is 112 Å². The molecule has 4 nitrogen and oxygen atoms in total. The number of pyridine rings is 1. The number of hydrogen-bond donors (Lipinski definition) is 2. The minimum absolute atomic E-state index is 0.182. The Hall–Kier alpha value is -2.76. The number of carbonyl (C=O) groups is 1. The van der Waals surface area contributed by atoms with E-state index >= 15 is 0 Å². The molecule has 0 aliphatic heterocycles. The molecule has 0 spiro atoms. The van der Waals surface area contributed by atoms with Gasteiger partial charge >= 0.3 is 0 Å². The van der Waals surface area contributed by atoms with E-state index in [0.29, 0.717) is 11.0 Å². The predicted molar refractivity (Wildman–Crippen MR) is 70.4 cm³/mol. The van der Waals surface area contributed by atoms with Crippen LogP contribution in [-0.2, 0) is 0 Å². The molecule has 2 heterocycles. The van der Waals surface area contributed by atoms with E-state index in [4.69, 9.17) is 0 Å². The van der Waals surface area contributed by atoms with Crippen molar-refractivity contribution in [3.05, 3.63) is 59.9 Å². The number of carbonyl (C=O) groups excluding carboxylic acids is 1. The normalized spacial score (nSPS) is 10.7. The van der Waals surface area contributed by atoms with Crippen molar-refractivity contribution in [2.24, 2.45) is 0 Å². The van der Waals surface area contributed by atoms with Crippen molar-refractivity contribution < 1.29 is 13.6 Å². The van der Waals surface area contributed by atoms with Crippen LogP contribution in [0.5, 0.6) is 0 Å². The molecule has 0 saturated carbocycles. The lowest BCUT2D eigenvalue weighted by molar-refractivity contribution is 0.102. The zero-order chi connectivity index (χ0) is 14.1. The van der Waals surface area contributed by atoms with E-state index in [1.807, 2.05) is 0 Å². The summed E-state index contributed by atoms with van der Waals surface area (Å²) in [7, 11) is 0. The van der Waals surface area contributed by atoms with E-state index in [1.54, 1.807) is 18.3 Å². The molecule has 0 unspecified atom stereocenters. The van der Waals surface area contributed by atoms with Crippen LogP contribution in [0.2, 0.25) is 0 Å². The van der Waals surface area contributed by atoms with Crippen LogP contribution in [0.3, 0.4) is 0 Å². The monoisotopic (exact) mass is 273 g/mol. The van der Waals surface area contributed by atoms with Crippen LogP contribution < -0.4 is 5.32 Å². The summed E-state index contributed by atoms with van der Waals surface area (Å²) in [5, 5.41) is 2.21. The van der Waals surface area contributed by atoms with Crippen LogP contribution in [-0.4, -0.2) is 15.9 Å². The van der Waals surface area contributed by atoms with E-state index in [1.165, 1.54) is 12.1 Å². The van der Waals surface area contributed by atoms with Crippen molar-refractivity contribution in [2.45, 2.75) is 0 Å². The Bertz CT molecular complexity index is 745. The van der Waals surface area contributed by atoms with Crippen LogP contribution in [0.1, 0.15) is 10.5 Å². The number of aromatic nitrogens is 2. The molecule has 0 radical (unpaired) electrons. The van der Waals surface area contributed by atoms with Crippen LogP contribution in [0, 0.1) is 11.6 Å². The first-order chi connectivity index (χ1) is 9.65. The minimum Gasteiger partial charge on any atom is -0.349 e. The summed E-state index contributed by atoms with van der Waals surface area (Å²) in [5.74, 6) is -2.29. The summed E-state index contributed by atoms with van der Waals surface area (Å²) in [6.07, 6.45) is 1.59. The minimum atomic E-state index is -0.826. The zero-order valence-electron chi connectivity index (χ0n) is 10.2. The zero-order valence-corrected chi connectivity index (χ0v) is 10.2. The van der Waals surface area contributed by atoms with E-state index < -0.39 is 23.2 Å². The van der Waals surface area contributed by atoms with Gasteiger partial charge in [0.25, 0.3) is 5.91 Å². The number of H-pyrrole nitrogens is 1. The van der Waals surface area contributed by atoms with Crippen molar-refractivity contribution >= 4 is 22.6 Å². The second-order valence-electron chi connectivity index (χ2n) is 4.17. The van der Waals surface area contributed by atoms with E-state index in [-0.39, 0.29) is 5.69 Å². The first-order valence-corrected chi connectivity index (χ1v) is 5.84. The topological polar surface area (TPSA) is 57.8 Å². The number of amides is 1. The number of fused-ring (bicyclic) bond motifs is 1. The van der Waals surface area contributed by atoms with Crippen molar-refractivity contribution in [3.63, 3.8) is 0 Å². The van der Waals surface area contributed by atoms with Crippen LogP contribution >= 0.6 is 0 Å². The highest BCUT2D eigenvalue weighted by Crippen LogP contribution is 2.19. The summed E-state index contributed by atoms with van der Waals surface area (Å²) < 4.78 is 26.9. The third-order valence-electron chi connectivity index (χ3n) is 2.83. The highest BCUT2D eigenvalue weighted by Gasteiger charge is 2.15. The van der Waals surface area contributed by atoms with Gasteiger partial charge in [-0.2, -0.15) is 0 Å². The molecule has 100 valence electrons. The maximum Gasteiger partial charge on any atom is 0.272 e. The number of aromatic amines is 1. The van der Waals surface area contributed by atoms with Gasteiger partial charge in [0.1, 0.15) is 23.0 Å². The quantitative estimate of drug-likeness (QED) is 0.753. The molecule has 0 aliphatic rings. The molecule has 2 aromatic heterocycles. The van der Waals surface area contributed by atoms with Gasteiger partial charge < -0.3 is 10.3 Å². The maximum atomic E-state index is 13.5. The average molecular weight is 273 g/mol. The third-order valence-corrected chi connectivity index (χ3v) is 2.83. The Kier molecular flexibility index (Phi) is 2.90. The third kappa shape index (κ3) is 2.11. The van der Waals surface area contributed by atoms with E-state index in [2.05, 4.69) is 15.3 Å². The lowest BCUT2D eigenvalue weighted by atomic mass is 10.2. The summed E-state index contributed by atoms with van der Waals surface area (Å²) in [4.78, 5) is 18.9. The van der Waals surface area contributed by atoms with Gasteiger partial charge in [-0.15, -0.1) is 0 Å². The number of rotatable bonds is 2. The van der Waals surface area contributed by atoms with Gasteiger partial charge in [-0.3, -0.25) is 9.78 Å². The van der Waals surface area contributed by atoms with Crippen molar-refractivity contribution in [2.75, 3.05) is 5.32 Å². The van der Waals surface area contributed by atoms with Gasteiger partial charge in [0.15, 0.2) is 0 Å². The van der Waals surface area contributed by atoms with Gasteiger partial charge in [0.2, 0.25) is 0 Å². The van der Waals surface area contributed by atoms with Gasteiger partial charge in [0.05, 0.1) is 11.0 Å². The van der Waals surface area contributed by atoms with Crippen molar-refractivity contribution in [1.29, 1.82) is 0 Å². The van der Waals surface area contributed by atoms with Crippen molar-refractivity contribution in [1.82, 2.24) is 9.97 Å². The highest BCUT2D eigenvalue weighted by molar-refractivity contribution is 6.05. The molecule has 3 rings (SSSR count). The van der Waals surface area contributed by atoms with E-state index in [0.717, 1.165) is 12.1 Å². The molecule has 1 amide bonds. The maximum absolute atomic E-state index is 13.5. The molecule has 0 saturated heterocycles. The van der Waals surface area contributed by atoms with Crippen LogP contribution in [0.15, 0.2) is 42.6 Å². The molecule has 2 N–H and O–H groups in total. The number of hydrogen-bond acceptors (Lipinski definition) is 2. The summed E-state index contributed by atoms with van der Waals surface area (Å²) >= 11 is 0. The fourth-order valence-corrected chi connectivity index (χ4v) is 1.88. The van der Waals surface area contributed by atoms with Crippen molar-refractivity contribution in [3.8, 4) is 0 Å². The number of halogens is 2. The SMILES string of the molecule is O=C(Nc1c(F)cccc1F)c1cc2ncccc2[nH]1. The number of anilines is 1. The summed E-state index contributed by atoms with van der Waals surface area (Å²) in [6.45, 7) is 0. The Morgan fingerprint density at radius 3 is 2.60 bits per heavy atom. The highest BCUT2D eigenvalue weighted by atomic mass is 19.1. The predicted octanol–water partition coefficient (Wildman–Crippen LogP) is 3.09. The van der Waals surface area contributed by atoms with Crippen LogP contribution in [0.25, 0.3) is 11.0 Å². The molecule has 0 fully saturated rings. The number of nitrogens with zero attached hydrogens (tertiary/aromatic N) is 1. The van der Waals surface area contributed by atoms with Gasteiger partial charge in [-0.05, 0) is 30.3 Å². The first kappa shape index (κ1) is 12.3. The summed E-state index contributed by atoms with van der Waals surface area (Å²) in [6, 6.07) is 8.37. The molecule has 0 aliphatic carbocycles. The van der Waals surface area contributed by atoms with Gasteiger partial charge in [-0.25, -0.2) is 8.78 Å². The van der Waals surface area contributed by atoms with E-state index in [9.17, 15) is 13.6 Å². The van der Waals surface area contributed by atoms with Gasteiger partial charge in [-0.1, -0.05) is 6.07 Å². The molecular formula is C14H9F2N3O. The standard InChI is InChI=1S/C14H9F2N3O/c15-8-3-1-4-9(16)13(8)19-14(20)12-7-11-10(18-12)5-2-6-17-11/h1-7,18H,(H,19,20). The molecule has 0 atom stereocenters. The number of benzene rings is 1.